The number of guanidine groups is 1. The molecule has 2 N–H and O–H groups in total. The van der Waals surface area contributed by atoms with E-state index in [2.05, 4.69) is 59.8 Å². The molecule has 7 heteroatoms. The van der Waals surface area contributed by atoms with E-state index in [-0.39, 0.29) is 24.0 Å². The number of nitrogens with zero attached hydrogens (tertiary/aromatic N) is 3. The van der Waals surface area contributed by atoms with Crippen LogP contribution in [0.2, 0.25) is 0 Å². The molecule has 1 atom stereocenters. The van der Waals surface area contributed by atoms with Crippen LogP contribution in [0.15, 0.2) is 16.4 Å². The average Bonchev–Trinajstić information content (AvgIpc) is 2.90. The molecule has 2 heterocycles. The highest BCUT2D eigenvalue weighted by Gasteiger charge is 2.21. The Kier molecular flexibility index (Phi) is 9.41. The van der Waals surface area contributed by atoms with Gasteiger partial charge in [-0.2, -0.15) is 0 Å². The molecule has 23 heavy (non-hydrogen) atoms. The van der Waals surface area contributed by atoms with Crippen LogP contribution in [0.4, 0.5) is 0 Å². The van der Waals surface area contributed by atoms with Crippen LogP contribution in [-0.2, 0) is 6.54 Å². The average molecular weight is 451 g/mol. The SMILES string of the molecule is CCNC(=NCc1sccc1C)NCC1CN(C)CCN1C.I. The molecule has 0 saturated carbocycles. The molecule has 0 amide bonds. The molecule has 1 aromatic rings. The van der Waals surface area contributed by atoms with E-state index in [1.165, 1.54) is 10.4 Å². The molecule has 0 aromatic carbocycles. The number of piperazine rings is 1. The highest BCUT2D eigenvalue weighted by Crippen LogP contribution is 2.16. The summed E-state index contributed by atoms with van der Waals surface area (Å²) in [5, 5.41) is 8.97. The lowest BCUT2D eigenvalue weighted by Crippen LogP contribution is -2.55. The monoisotopic (exact) mass is 451 g/mol. The zero-order valence-electron chi connectivity index (χ0n) is 14.6. The first-order valence-electron chi connectivity index (χ1n) is 8.04. The summed E-state index contributed by atoms with van der Waals surface area (Å²) < 4.78 is 0. The Morgan fingerprint density at radius 1 is 1.35 bits per heavy atom. The maximum Gasteiger partial charge on any atom is 0.191 e. The minimum absolute atomic E-state index is 0. The number of aryl methyl sites for hydroxylation is 1. The number of thiophene rings is 1. The normalized spacial score (nSPS) is 20.2. The third-order valence-corrected chi connectivity index (χ3v) is 5.19. The molecule has 1 aliphatic rings. The predicted octanol–water partition coefficient (Wildman–Crippen LogP) is 1.98. The summed E-state index contributed by atoms with van der Waals surface area (Å²) in [6.07, 6.45) is 0. The Labute approximate surface area is 161 Å². The quantitative estimate of drug-likeness (QED) is 0.408. The van der Waals surface area contributed by atoms with Crippen LogP contribution in [0.25, 0.3) is 0 Å². The third-order valence-electron chi connectivity index (χ3n) is 4.18. The second kappa shape index (κ2) is 10.5. The van der Waals surface area contributed by atoms with Gasteiger partial charge in [-0.15, -0.1) is 35.3 Å². The first-order chi connectivity index (χ1) is 10.6. The first-order valence-corrected chi connectivity index (χ1v) is 8.92. The smallest absolute Gasteiger partial charge is 0.191 e. The number of likely N-dealkylation sites (N-methyl/N-ethyl adjacent to an activating group) is 2. The molecular weight excluding hydrogens is 421 g/mol. The molecule has 1 unspecified atom stereocenters. The van der Waals surface area contributed by atoms with E-state index in [1.807, 2.05) is 0 Å². The zero-order chi connectivity index (χ0) is 15.9. The second-order valence-electron chi connectivity index (χ2n) is 6.00. The summed E-state index contributed by atoms with van der Waals surface area (Å²) in [5.41, 5.74) is 1.33. The Bertz CT molecular complexity index is 491. The van der Waals surface area contributed by atoms with Gasteiger partial charge in [0.25, 0.3) is 0 Å². The van der Waals surface area contributed by atoms with Crippen LogP contribution in [0, 0.1) is 6.92 Å². The summed E-state index contributed by atoms with van der Waals surface area (Å²) in [6.45, 7) is 10.2. The van der Waals surface area contributed by atoms with Crippen molar-refractivity contribution in [2.45, 2.75) is 26.4 Å². The fourth-order valence-electron chi connectivity index (χ4n) is 2.60. The van der Waals surface area contributed by atoms with Gasteiger partial charge in [0.05, 0.1) is 6.54 Å². The van der Waals surface area contributed by atoms with E-state index in [4.69, 9.17) is 4.99 Å². The van der Waals surface area contributed by atoms with Crippen molar-refractivity contribution in [3.63, 3.8) is 0 Å². The fourth-order valence-corrected chi connectivity index (χ4v) is 3.42. The van der Waals surface area contributed by atoms with Crippen LogP contribution in [-0.4, -0.2) is 68.6 Å². The van der Waals surface area contributed by atoms with Gasteiger partial charge in [-0.05, 0) is 45.0 Å². The summed E-state index contributed by atoms with van der Waals surface area (Å²) >= 11 is 1.78. The molecule has 2 rings (SSSR count). The van der Waals surface area contributed by atoms with Crippen molar-refractivity contribution in [1.29, 1.82) is 0 Å². The van der Waals surface area contributed by atoms with Crippen LogP contribution in [0.5, 0.6) is 0 Å². The van der Waals surface area contributed by atoms with E-state index in [0.29, 0.717) is 6.04 Å². The van der Waals surface area contributed by atoms with Gasteiger partial charge < -0.3 is 15.5 Å². The number of rotatable bonds is 5. The third kappa shape index (κ3) is 6.56. The molecule has 1 saturated heterocycles. The van der Waals surface area contributed by atoms with Crippen molar-refractivity contribution in [3.8, 4) is 0 Å². The number of nitrogens with one attached hydrogen (secondary N) is 2. The maximum atomic E-state index is 4.72. The second-order valence-corrected chi connectivity index (χ2v) is 7.00. The summed E-state index contributed by atoms with van der Waals surface area (Å²) in [5.74, 6) is 0.914. The number of aliphatic imine (C=N–C) groups is 1. The van der Waals surface area contributed by atoms with Gasteiger partial charge in [0, 0.05) is 43.6 Å². The van der Waals surface area contributed by atoms with Crippen molar-refractivity contribution in [1.82, 2.24) is 20.4 Å². The fraction of sp³-hybridized carbons (Fsp3) is 0.688. The van der Waals surface area contributed by atoms with Gasteiger partial charge in [-0.1, -0.05) is 0 Å². The van der Waals surface area contributed by atoms with Gasteiger partial charge >= 0.3 is 0 Å². The van der Waals surface area contributed by atoms with Crippen molar-refractivity contribution < 1.29 is 0 Å². The van der Waals surface area contributed by atoms with Crippen LogP contribution >= 0.6 is 35.3 Å². The van der Waals surface area contributed by atoms with Crippen LogP contribution in [0.3, 0.4) is 0 Å². The van der Waals surface area contributed by atoms with Gasteiger partial charge in [-0.3, -0.25) is 4.90 Å². The summed E-state index contributed by atoms with van der Waals surface area (Å²) in [6, 6.07) is 2.69. The number of hydrogen-bond acceptors (Lipinski definition) is 4. The number of halogens is 1. The van der Waals surface area contributed by atoms with Crippen LogP contribution in [0.1, 0.15) is 17.4 Å². The Morgan fingerprint density at radius 3 is 2.78 bits per heavy atom. The van der Waals surface area contributed by atoms with Crippen LogP contribution < -0.4 is 10.6 Å². The molecule has 1 aliphatic heterocycles. The van der Waals surface area contributed by atoms with E-state index < -0.39 is 0 Å². The minimum atomic E-state index is 0. The van der Waals surface area contributed by atoms with Gasteiger partial charge in [0.1, 0.15) is 0 Å². The van der Waals surface area contributed by atoms with Crippen molar-refractivity contribution in [2.75, 3.05) is 46.8 Å². The minimum Gasteiger partial charge on any atom is -0.357 e. The Morgan fingerprint density at radius 2 is 2.13 bits per heavy atom. The standard InChI is InChI=1S/C16H29N5S.HI/c1-5-17-16(19-11-15-13(2)6-9-22-15)18-10-14-12-20(3)7-8-21(14)4;/h6,9,14H,5,7-8,10-12H2,1-4H3,(H2,17,18,19);1H. The molecule has 0 radical (unpaired) electrons. The molecule has 132 valence electrons. The van der Waals surface area contributed by atoms with E-state index in [0.717, 1.165) is 45.2 Å². The zero-order valence-corrected chi connectivity index (χ0v) is 17.8. The maximum absolute atomic E-state index is 4.72. The first kappa shape index (κ1) is 20.7. The molecule has 0 aliphatic carbocycles. The van der Waals surface area contributed by atoms with Crippen molar-refractivity contribution in [2.24, 2.45) is 4.99 Å². The van der Waals surface area contributed by atoms with E-state index in [1.54, 1.807) is 11.3 Å². The lowest BCUT2D eigenvalue weighted by molar-refractivity contribution is 0.116. The topological polar surface area (TPSA) is 42.9 Å². The molecular formula is C16H30IN5S. The molecule has 1 aromatic heterocycles. The molecule has 1 fully saturated rings. The van der Waals surface area contributed by atoms with E-state index in [9.17, 15) is 0 Å². The van der Waals surface area contributed by atoms with Gasteiger partial charge in [0.15, 0.2) is 5.96 Å². The molecule has 5 nitrogen and oxygen atoms in total. The summed E-state index contributed by atoms with van der Waals surface area (Å²) in [7, 11) is 4.40. The predicted molar refractivity (Wildman–Crippen MR) is 111 cm³/mol. The van der Waals surface area contributed by atoms with Gasteiger partial charge in [0.2, 0.25) is 0 Å². The Hall–Kier alpha value is -0.380. The van der Waals surface area contributed by atoms with E-state index >= 15 is 0 Å². The lowest BCUT2D eigenvalue weighted by Gasteiger charge is -2.37. The largest absolute Gasteiger partial charge is 0.357 e. The van der Waals surface area contributed by atoms with Crippen molar-refractivity contribution >= 4 is 41.3 Å². The van der Waals surface area contributed by atoms with Gasteiger partial charge in [-0.25, -0.2) is 4.99 Å². The highest BCUT2D eigenvalue weighted by molar-refractivity contribution is 14.0. The lowest BCUT2D eigenvalue weighted by atomic mass is 10.2. The highest BCUT2D eigenvalue weighted by atomic mass is 127. The van der Waals surface area contributed by atoms with Crippen molar-refractivity contribution in [3.05, 3.63) is 21.9 Å². The Balaban J connectivity index is 0.00000264. The molecule has 0 spiro atoms. The molecule has 0 bridgehead atoms. The summed E-state index contributed by atoms with van der Waals surface area (Å²) in [4.78, 5) is 10.9. The number of hydrogen-bond donors (Lipinski definition) is 2.